The number of rotatable bonds is 8. The van der Waals surface area contributed by atoms with E-state index in [1.807, 2.05) is 25.1 Å². The second kappa shape index (κ2) is 7.87. The van der Waals surface area contributed by atoms with Crippen LogP contribution in [0.5, 0.6) is 0 Å². The number of halogens is 1. The molecule has 0 aromatic heterocycles. The quantitative estimate of drug-likeness (QED) is 0.710. The van der Waals surface area contributed by atoms with Crippen LogP contribution in [0.25, 0.3) is 0 Å². The number of anilines is 1. The fraction of sp³-hybridized carbons (Fsp3) is 0.538. The molecule has 0 fully saturated rings. The molecule has 0 spiro atoms. The maximum absolute atomic E-state index is 11.9. The Morgan fingerprint density at radius 1 is 1.26 bits per heavy atom. The molecule has 4 nitrogen and oxygen atoms in total. The summed E-state index contributed by atoms with van der Waals surface area (Å²) in [5.41, 5.74) is 1.62. The molecule has 6 heteroatoms. The average Bonchev–Trinajstić information content (AvgIpc) is 2.33. The van der Waals surface area contributed by atoms with Gasteiger partial charge in [0.15, 0.2) is 0 Å². The standard InChI is InChI=1S/C13H21BrN2O2S/c1-3-7-15-8-4-9-19(17,18)16-13-10-11(2)5-6-12(13)14/h5-6,10,15-16H,3-4,7-9H2,1-2H3. The molecule has 0 bridgehead atoms. The van der Waals surface area contributed by atoms with Crippen LogP contribution in [0.1, 0.15) is 25.3 Å². The molecule has 2 N–H and O–H groups in total. The van der Waals surface area contributed by atoms with Crippen molar-refractivity contribution in [3.63, 3.8) is 0 Å². The Balaban J connectivity index is 2.52. The van der Waals surface area contributed by atoms with Crippen LogP contribution < -0.4 is 10.0 Å². The lowest BCUT2D eigenvalue weighted by atomic mass is 10.2. The van der Waals surface area contributed by atoms with Gasteiger partial charge in [-0.1, -0.05) is 13.0 Å². The van der Waals surface area contributed by atoms with E-state index in [1.165, 1.54) is 0 Å². The summed E-state index contributed by atoms with van der Waals surface area (Å²) in [6.45, 7) is 5.67. The second-order valence-electron chi connectivity index (χ2n) is 4.51. The summed E-state index contributed by atoms with van der Waals surface area (Å²) < 4.78 is 27.2. The molecule has 1 rings (SSSR count). The number of benzene rings is 1. The summed E-state index contributed by atoms with van der Waals surface area (Å²) in [6.07, 6.45) is 1.67. The van der Waals surface area contributed by atoms with Crippen molar-refractivity contribution in [2.75, 3.05) is 23.6 Å². The zero-order valence-electron chi connectivity index (χ0n) is 11.4. The highest BCUT2D eigenvalue weighted by Crippen LogP contribution is 2.24. The lowest BCUT2D eigenvalue weighted by molar-refractivity contribution is 0.593. The molecule has 1 aromatic rings. The van der Waals surface area contributed by atoms with Gasteiger partial charge < -0.3 is 5.32 Å². The van der Waals surface area contributed by atoms with Crippen molar-refractivity contribution in [3.8, 4) is 0 Å². The van der Waals surface area contributed by atoms with Gasteiger partial charge in [-0.25, -0.2) is 8.42 Å². The van der Waals surface area contributed by atoms with Gasteiger partial charge in [0.05, 0.1) is 11.4 Å². The lowest BCUT2D eigenvalue weighted by Gasteiger charge is -2.10. The fourth-order valence-electron chi connectivity index (χ4n) is 1.62. The van der Waals surface area contributed by atoms with Gasteiger partial charge in [0.1, 0.15) is 0 Å². The van der Waals surface area contributed by atoms with Crippen LogP contribution in [0.3, 0.4) is 0 Å². The third-order valence-corrected chi connectivity index (χ3v) is 4.63. The molecule has 0 heterocycles. The molecule has 19 heavy (non-hydrogen) atoms. The minimum atomic E-state index is -3.28. The van der Waals surface area contributed by atoms with Gasteiger partial charge in [0.2, 0.25) is 10.0 Å². The molecule has 0 amide bonds. The first-order valence-electron chi connectivity index (χ1n) is 6.42. The molecule has 0 aliphatic rings. The van der Waals surface area contributed by atoms with Crippen LogP contribution in [-0.2, 0) is 10.0 Å². The van der Waals surface area contributed by atoms with Crippen molar-refractivity contribution < 1.29 is 8.42 Å². The third kappa shape index (κ3) is 6.40. The van der Waals surface area contributed by atoms with Gasteiger partial charge in [-0.2, -0.15) is 0 Å². The Bertz CT molecular complexity index is 503. The summed E-state index contributed by atoms with van der Waals surface area (Å²) in [5, 5.41) is 3.19. The fourth-order valence-corrected chi connectivity index (χ4v) is 3.23. The van der Waals surface area contributed by atoms with Crippen molar-refractivity contribution in [3.05, 3.63) is 28.2 Å². The van der Waals surface area contributed by atoms with Crippen molar-refractivity contribution in [2.24, 2.45) is 0 Å². The molecule has 0 unspecified atom stereocenters. The maximum atomic E-state index is 11.9. The van der Waals surface area contributed by atoms with Crippen LogP contribution >= 0.6 is 15.9 Å². The van der Waals surface area contributed by atoms with E-state index in [4.69, 9.17) is 0 Å². The Labute approximate surface area is 124 Å². The smallest absolute Gasteiger partial charge is 0.232 e. The molecular formula is C13H21BrN2O2S. The third-order valence-electron chi connectivity index (χ3n) is 2.58. The SMILES string of the molecule is CCCNCCCS(=O)(=O)Nc1cc(C)ccc1Br. The van der Waals surface area contributed by atoms with Gasteiger partial charge >= 0.3 is 0 Å². The van der Waals surface area contributed by atoms with Crippen molar-refractivity contribution in [2.45, 2.75) is 26.7 Å². The van der Waals surface area contributed by atoms with Gasteiger partial charge in [0, 0.05) is 4.47 Å². The Morgan fingerprint density at radius 2 is 2.00 bits per heavy atom. The summed E-state index contributed by atoms with van der Waals surface area (Å²) >= 11 is 3.35. The highest BCUT2D eigenvalue weighted by atomic mass is 79.9. The molecule has 0 saturated carbocycles. The number of sulfonamides is 1. The first-order valence-corrected chi connectivity index (χ1v) is 8.86. The predicted octanol–water partition coefficient (Wildman–Crippen LogP) is 2.89. The Morgan fingerprint density at radius 3 is 2.68 bits per heavy atom. The van der Waals surface area contributed by atoms with E-state index >= 15 is 0 Å². The van der Waals surface area contributed by atoms with Crippen molar-refractivity contribution in [1.82, 2.24) is 5.32 Å². The first kappa shape index (κ1) is 16.5. The molecule has 0 atom stereocenters. The molecule has 0 aliphatic carbocycles. The van der Waals surface area contributed by atoms with E-state index in [0.717, 1.165) is 29.5 Å². The van der Waals surface area contributed by atoms with E-state index < -0.39 is 10.0 Å². The highest BCUT2D eigenvalue weighted by molar-refractivity contribution is 9.10. The van der Waals surface area contributed by atoms with Crippen LogP contribution in [0, 0.1) is 6.92 Å². The van der Waals surface area contributed by atoms with Gasteiger partial charge in [-0.3, -0.25) is 4.72 Å². The first-order chi connectivity index (χ1) is 8.94. The molecular weight excluding hydrogens is 328 g/mol. The highest BCUT2D eigenvalue weighted by Gasteiger charge is 2.12. The molecule has 0 aliphatic heterocycles. The summed E-state index contributed by atoms with van der Waals surface area (Å²) in [4.78, 5) is 0. The normalized spacial score (nSPS) is 11.5. The lowest BCUT2D eigenvalue weighted by Crippen LogP contribution is -2.22. The number of nitrogens with one attached hydrogen (secondary N) is 2. The van der Waals surface area contributed by atoms with Crippen molar-refractivity contribution >= 4 is 31.6 Å². The average molecular weight is 349 g/mol. The van der Waals surface area contributed by atoms with Crippen LogP contribution in [0.2, 0.25) is 0 Å². The number of hydrogen-bond acceptors (Lipinski definition) is 3. The van der Waals surface area contributed by atoms with Gasteiger partial charge in [-0.15, -0.1) is 0 Å². The molecule has 108 valence electrons. The molecule has 0 saturated heterocycles. The predicted molar refractivity (Wildman–Crippen MR) is 84.1 cm³/mol. The number of aryl methyl sites for hydroxylation is 1. The van der Waals surface area contributed by atoms with E-state index in [0.29, 0.717) is 12.1 Å². The van der Waals surface area contributed by atoms with Crippen LogP contribution in [0.15, 0.2) is 22.7 Å². The Hall–Kier alpha value is -0.590. The zero-order chi connectivity index (χ0) is 14.3. The Kier molecular flexibility index (Phi) is 6.82. The van der Waals surface area contributed by atoms with E-state index in [9.17, 15) is 8.42 Å². The van der Waals surface area contributed by atoms with Gasteiger partial charge in [-0.05, 0) is 66.5 Å². The minimum absolute atomic E-state index is 0.129. The topological polar surface area (TPSA) is 58.2 Å². The monoisotopic (exact) mass is 348 g/mol. The summed E-state index contributed by atoms with van der Waals surface area (Å²) in [7, 11) is -3.28. The molecule has 0 radical (unpaired) electrons. The number of hydrogen-bond donors (Lipinski definition) is 2. The minimum Gasteiger partial charge on any atom is -0.317 e. The van der Waals surface area contributed by atoms with Crippen LogP contribution in [-0.4, -0.2) is 27.3 Å². The maximum Gasteiger partial charge on any atom is 0.232 e. The van der Waals surface area contributed by atoms with Crippen LogP contribution in [0.4, 0.5) is 5.69 Å². The van der Waals surface area contributed by atoms with E-state index in [2.05, 4.69) is 32.9 Å². The van der Waals surface area contributed by atoms with Crippen molar-refractivity contribution in [1.29, 1.82) is 0 Å². The van der Waals surface area contributed by atoms with E-state index in [-0.39, 0.29) is 5.75 Å². The van der Waals surface area contributed by atoms with Gasteiger partial charge in [0.25, 0.3) is 0 Å². The zero-order valence-corrected chi connectivity index (χ0v) is 13.8. The van der Waals surface area contributed by atoms with E-state index in [1.54, 1.807) is 0 Å². The largest absolute Gasteiger partial charge is 0.317 e. The second-order valence-corrected chi connectivity index (χ2v) is 7.20. The molecule has 1 aromatic carbocycles. The summed E-state index contributed by atoms with van der Waals surface area (Å²) in [6, 6.07) is 5.59. The summed E-state index contributed by atoms with van der Waals surface area (Å²) in [5.74, 6) is 0.129.